The van der Waals surface area contributed by atoms with Crippen LogP contribution in [0.15, 0.2) is 47.6 Å². The van der Waals surface area contributed by atoms with Crippen LogP contribution in [0.5, 0.6) is 0 Å². The van der Waals surface area contributed by atoms with Crippen molar-refractivity contribution in [1.29, 1.82) is 0 Å². The van der Waals surface area contributed by atoms with Crippen molar-refractivity contribution in [3.8, 4) is 0 Å². The average Bonchev–Trinajstić information content (AvgIpc) is 2.41. The highest BCUT2D eigenvalue weighted by Gasteiger charge is 2.08. The Hall–Kier alpha value is -2.36. The van der Waals surface area contributed by atoms with Gasteiger partial charge in [-0.25, -0.2) is 4.39 Å². The van der Waals surface area contributed by atoms with Crippen LogP contribution in [0.2, 0.25) is 0 Å². The quantitative estimate of drug-likeness (QED) is 0.526. The van der Waals surface area contributed by atoms with E-state index >= 15 is 0 Å². The van der Waals surface area contributed by atoms with E-state index in [-0.39, 0.29) is 5.82 Å². The molecule has 4 heteroatoms. The summed E-state index contributed by atoms with van der Waals surface area (Å²) in [6.45, 7) is 3.86. The molecule has 0 aromatic heterocycles. The summed E-state index contributed by atoms with van der Waals surface area (Å²) >= 11 is 0. The van der Waals surface area contributed by atoms with Gasteiger partial charge < -0.3 is 5.73 Å². The van der Waals surface area contributed by atoms with Gasteiger partial charge in [-0.2, -0.15) is 5.10 Å². The van der Waals surface area contributed by atoms with Gasteiger partial charge in [0.25, 0.3) is 0 Å². The number of halogens is 1. The topological polar surface area (TPSA) is 41.6 Å². The molecule has 2 aromatic carbocycles. The van der Waals surface area contributed by atoms with Crippen LogP contribution in [-0.4, -0.2) is 12.8 Å². The van der Waals surface area contributed by atoms with Crippen molar-refractivity contribution in [3.05, 3.63) is 59.4 Å². The first-order valence-electron chi connectivity index (χ1n) is 6.39. The minimum absolute atomic E-state index is 0.302. The van der Waals surface area contributed by atoms with Gasteiger partial charge in [0.15, 0.2) is 0 Å². The third-order valence-electron chi connectivity index (χ3n) is 3.10. The fraction of sp³-hybridized carbons (Fsp3) is 0.188. The molecular weight excluding hydrogens is 253 g/mol. The largest absolute Gasteiger partial charge is 0.398 e. The first kappa shape index (κ1) is 14.1. The second-order valence-electron chi connectivity index (χ2n) is 4.75. The van der Waals surface area contributed by atoms with Gasteiger partial charge in [0.2, 0.25) is 0 Å². The molecule has 2 rings (SSSR count). The standard InChI is InChI=1S/C16H18FN3/c1-11-8-9-15(18)13(10-11)12(2)19-20(3)16-7-5-4-6-14(16)17/h4-10H,18H2,1-3H3/b19-12+. The van der Waals surface area contributed by atoms with Crippen LogP contribution >= 0.6 is 0 Å². The Labute approximate surface area is 118 Å². The van der Waals surface area contributed by atoms with Crippen molar-refractivity contribution in [1.82, 2.24) is 0 Å². The number of hydrogen-bond acceptors (Lipinski definition) is 3. The number of aryl methyl sites for hydroxylation is 1. The number of benzene rings is 2. The molecule has 0 saturated carbocycles. The molecule has 0 radical (unpaired) electrons. The number of rotatable bonds is 3. The van der Waals surface area contributed by atoms with E-state index in [1.165, 1.54) is 11.1 Å². The zero-order valence-corrected chi connectivity index (χ0v) is 11.9. The Morgan fingerprint density at radius 3 is 2.60 bits per heavy atom. The van der Waals surface area contributed by atoms with Gasteiger partial charge in [0.05, 0.1) is 11.4 Å². The Kier molecular flexibility index (Phi) is 4.03. The lowest BCUT2D eigenvalue weighted by atomic mass is 10.1. The highest BCUT2D eigenvalue weighted by atomic mass is 19.1. The summed E-state index contributed by atoms with van der Waals surface area (Å²) in [6, 6.07) is 12.3. The van der Waals surface area contributed by atoms with E-state index in [0.29, 0.717) is 11.4 Å². The molecule has 0 aliphatic carbocycles. The molecule has 0 spiro atoms. The molecule has 0 heterocycles. The van der Waals surface area contributed by atoms with Crippen LogP contribution in [0.3, 0.4) is 0 Å². The van der Waals surface area contributed by atoms with Crippen molar-refractivity contribution in [2.75, 3.05) is 17.8 Å². The monoisotopic (exact) mass is 271 g/mol. The summed E-state index contributed by atoms with van der Waals surface area (Å²) in [5, 5.41) is 5.93. The predicted octanol–water partition coefficient (Wildman–Crippen LogP) is 3.58. The van der Waals surface area contributed by atoms with E-state index in [9.17, 15) is 4.39 Å². The molecule has 2 N–H and O–H groups in total. The molecule has 2 aromatic rings. The molecule has 0 atom stereocenters. The first-order valence-corrected chi connectivity index (χ1v) is 6.39. The van der Waals surface area contributed by atoms with Crippen molar-refractivity contribution in [3.63, 3.8) is 0 Å². The van der Waals surface area contributed by atoms with E-state index < -0.39 is 0 Å². The van der Waals surface area contributed by atoms with Gasteiger partial charge in [-0.05, 0) is 38.1 Å². The van der Waals surface area contributed by atoms with Crippen molar-refractivity contribution >= 4 is 17.1 Å². The molecule has 3 nitrogen and oxygen atoms in total. The third kappa shape index (κ3) is 2.96. The maximum atomic E-state index is 13.7. The fourth-order valence-corrected chi connectivity index (χ4v) is 2.03. The number of hydrazone groups is 1. The molecule has 0 unspecified atom stereocenters. The average molecular weight is 271 g/mol. The molecule has 0 bridgehead atoms. The molecule has 0 fully saturated rings. The Morgan fingerprint density at radius 1 is 1.20 bits per heavy atom. The minimum Gasteiger partial charge on any atom is -0.398 e. The lowest BCUT2D eigenvalue weighted by Gasteiger charge is -2.16. The van der Waals surface area contributed by atoms with E-state index in [1.54, 1.807) is 25.2 Å². The second kappa shape index (κ2) is 5.74. The third-order valence-corrected chi connectivity index (χ3v) is 3.10. The van der Waals surface area contributed by atoms with Crippen molar-refractivity contribution < 1.29 is 4.39 Å². The molecule has 0 aliphatic rings. The van der Waals surface area contributed by atoms with E-state index in [4.69, 9.17) is 5.73 Å². The molecule has 0 aliphatic heterocycles. The summed E-state index contributed by atoms with van der Waals surface area (Å²) < 4.78 is 13.7. The number of para-hydroxylation sites is 1. The second-order valence-corrected chi connectivity index (χ2v) is 4.75. The van der Waals surface area contributed by atoms with E-state index in [2.05, 4.69) is 5.10 Å². The van der Waals surface area contributed by atoms with E-state index in [1.807, 2.05) is 32.0 Å². The van der Waals surface area contributed by atoms with Crippen molar-refractivity contribution in [2.45, 2.75) is 13.8 Å². The van der Waals surface area contributed by atoms with Crippen LogP contribution in [0, 0.1) is 12.7 Å². The lowest BCUT2D eigenvalue weighted by Crippen LogP contribution is -2.14. The van der Waals surface area contributed by atoms with Gasteiger partial charge in [0.1, 0.15) is 5.82 Å². The van der Waals surface area contributed by atoms with Crippen LogP contribution in [0.4, 0.5) is 15.8 Å². The first-order chi connectivity index (χ1) is 9.49. The van der Waals surface area contributed by atoms with Crippen LogP contribution < -0.4 is 10.7 Å². The highest BCUT2D eigenvalue weighted by Crippen LogP contribution is 2.19. The molecule has 104 valence electrons. The SMILES string of the molecule is C/C(=N\N(C)c1ccccc1F)c1cc(C)ccc1N. The number of nitrogens with zero attached hydrogens (tertiary/aromatic N) is 2. The van der Waals surface area contributed by atoms with Gasteiger partial charge in [-0.15, -0.1) is 0 Å². The molecule has 0 saturated heterocycles. The van der Waals surface area contributed by atoms with Gasteiger partial charge in [-0.3, -0.25) is 5.01 Å². The summed E-state index contributed by atoms with van der Waals surface area (Å²) in [5.41, 5.74) is 9.78. The van der Waals surface area contributed by atoms with E-state index in [0.717, 1.165) is 16.8 Å². The number of nitrogen functional groups attached to an aromatic ring is 1. The zero-order valence-electron chi connectivity index (χ0n) is 11.9. The Morgan fingerprint density at radius 2 is 1.90 bits per heavy atom. The van der Waals surface area contributed by atoms with Crippen LogP contribution in [0.1, 0.15) is 18.1 Å². The Balaban J connectivity index is 2.35. The zero-order chi connectivity index (χ0) is 14.7. The maximum Gasteiger partial charge on any atom is 0.148 e. The normalized spacial score (nSPS) is 11.5. The molecule has 0 amide bonds. The van der Waals surface area contributed by atoms with Crippen LogP contribution in [-0.2, 0) is 0 Å². The Bertz CT molecular complexity index is 650. The van der Waals surface area contributed by atoms with Gasteiger partial charge >= 0.3 is 0 Å². The van der Waals surface area contributed by atoms with Crippen molar-refractivity contribution in [2.24, 2.45) is 5.10 Å². The number of nitrogens with two attached hydrogens (primary N) is 1. The summed E-state index contributed by atoms with van der Waals surface area (Å²) in [5.74, 6) is -0.302. The molecule has 20 heavy (non-hydrogen) atoms. The fourth-order valence-electron chi connectivity index (χ4n) is 2.03. The summed E-state index contributed by atoms with van der Waals surface area (Å²) in [4.78, 5) is 0. The smallest absolute Gasteiger partial charge is 0.148 e. The van der Waals surface area contributed by atoms with Gasteiger partial charge in [-0.1, -0.05) is 23.8 Å². The summed E-state index contributed by atoms with van der Waals surface area (Å²) in [7, 11) is 1.72. The lowest BCUT2D eigenvalue weighted by molar-refractivity contribution is 0.624. The minimum atomic E-state index is -0.302. The van der Waals surface area contributed by atoms with Gasteiger partial charge in [0, 0.05) is 18.3 Å². The predicted molar refractivity (Wildman–Crippen MR) is 82.6 cm³/mol. The molecular formula is C16H18FN3. The number of anilines is 2. The maximum absolute atomic E-state index is 13.7. The number of hydrogen-bond donors (Lipinski definition) is 1. The highest BCUT2D eigenvalue weighted by molar-refractivity contribution is 6.03. The van der Waals surface area contributed by atoms with Crippen LogP contribution in [0.25, 0.3) is 0 Å². The summed E-state index contributed by atoms with van der Waals surface area (Å²) in [6.07, 6.45) is 0.